The molecule has 170 valence electrons. The number of thiazole rings is 1. The third-order valence-corrected chi connectivity index (χ3v) is 7.08. The molecule has 1 unspecified atom stereocenters. The van der Waals surface area contributed by atoms with E-state index in [2.05, 4.69) is 4.98 Å². The molecule has 0 amide bonds. The second-order valence-electron chi connectivity index (χ2n) is 7.43. The second-order valence-corrected chi connectivity index (χ2v) is 10.2. The molecule has 1 aliphatic heterocycles. The molecule has 6 nitrogen and oxygen atoms in total. The van der Waals surface area contributed by atoms with E-state index in [1.54, 1.807) is 29.0 Å². The highest BCUT2D eigenvalue weighted by Crippen LogP contribution is 2.41. The van der Waals surface area contributed by atoms with Gasteiger partial charge in [0.1, 0.15) is 5.75 Å². The van der Waals surface area contributed by atoms with Crippen LogP contribution in [0.1, 0.15) is 22.4 Å². The molecule has 0 spiro atoms. The van der Waals surface area contributed by atoms with Gasteiger partial charge in [-0.05, 0) is 31.0 Å². The van der Waals surface area contributed by atoms with Crippen molar-refractivity contribution in [1.82, 2.24) is 4.98 Å². The molecule has 2 aromatic carbocycles. The van der Waals surface area contributed by atoms with Crippen molar-refractivity contribution in [2.75, 3.05) is 11.3 Å². The normalized spacial score (nSPS) is 18.7. The molecule has 4 rings (SSSR count). The first kappa shape index (κ1) is 22.6. The molecule has 0 bridgehead atoms. The fourth-order valence-electron chi connectivity index (χ4n) is 3.58. The average Bonchev–Trinajstić information content (AvgIpc) is 3.14. The Bertz CT molecular complexity index is 1240. The van der Waals surface area contributed by atoms with Crippen LogP contribution in [0, 0.1) is 12.8 Å². The van der Waals surface area contributed by atoms with Crippen LogP contribution in [0.15, 0.2) is 47.8 Å². The number of nitrogens with zero attached hydrogens (tertiary/aromatic N) is 1. The quantitative estimate of drug-likeness (QED) is 0.550. The average molecular weight is 485 g/mol. The number of aryl methyl sites for hydroxylation is 1. The number of nitrogens with one attached hydrogen (secondary N) is 1. The summed E-state index contributed by atoms with van der Waals surface area (Å²) >= 11 is 1.53. The number of halogens is 3. The van der Waals surface area contributed by atoms with Gasteiger partial charge in [-0.2, -0.15) is 21.6 Å². The predicted molar refractivity (Wildman–Crippen MR) is 115 cm³/mol. The van der Waals surface area contributed by atoms with E-state index < -0.39 is 21.6 Å². The summed E-state index contributed by atoms with van der Waals surface area (Å²) in [5, 5.41) is 13.7. The smallest absolute Gasteiger partial charge is 0.493 e. The Kier molecular flexibility index (Phi) is 5.91. The minimum absolute atomic E-state index is 0.194. The van der Waals surface area contributed by atoms with Crippen molar-refractivity contribution in [3.05, 3.63) is 64.1 Å². The van der Waals surface area contributed by atoms with E-state index in [9.17, 15) is 26.7 Å². The number of rotatable bonds is 5. The first-order valence-electron chi connectivity index (χ1n) is 9.59. The fourth-order valence-corrected chi connectivity index (χ4v) is 4.79. The lowest BCUT2D eigenvalue weighted by molar-refractivity contribution is -0.0429. The number of hydrogen-bond donors (Lipinski definition) is 2. The third-order valence-electron chi connectivity index (χ3n) is 5.16. The Morgan fingerprint density at radius 1 is 1.25 bits per heavy atom. The first-order valence-corrected chi connectivity index (χ1v) is 12.0. The van der Waals surface area contributed by atoms with Gasteiger partial charge in [0.2, 0.25) is 0 Å². The fraction of sp³-hybridized carbons (Fsp3) is 0.286. The molecule has 1 aliphatic rings. The van der Waals surface area contributed by atoms with Crippen LogP contribution in [0.2, 0.25) is 0 Å². The number of benzene rings is 2. The van der Waals surface area contributed by atoms with Crippen LogP contribution in [-0.4, -0.2) is 30.6 Å². The molecule has 0 saturated heterocycles. The monoisotopic (exact) mass is 484 g/mol. The number of ether oxygens (including phenoxy) is 1. The molecule has 11 heteroatoms. The van der Waals surface area contributed by atoms with E-state index in [-0.39, 0.29) is 23.8 Å². The van der Waals surface area contributed by atoms with Gasteiger partial charge < -0.3 is 9.84 Å². The molecule has 0 saturated carbocycles. The summed E-state index contributed by atoms with van der Waals surface area (Å²) in [4.78, 5) is 4.42. The zero-order valence-electron chi connectivity index (χ0n) is 16.8. The van der Waals surface area contributed by atoms with Gasteiger partial charge in [0.15, 0.2) is 0 Å². The van der Waals surface area contributed by atoms with Gasteiger partial charge >= 0.3 is 15.5 Å². The van der Waals surface area contributed by atoms with E-state index >= 15 is 0 Å². The number of anilines is 1. The minimum Gasteiger partial charge on any atom is -0.493 e. The van der Waals surface area contributed by atoms with Crippen LogP contribution in [-0.2, 0) is 16.4 Å². The van der Waals surface area contributed by atoms with Crippen LogP contribution in [0.5, 0.6) is 5.75 Å². The maximum atomic E-state index is 12.8. The molecule has 2 atom stereocenters. The van der Waals surface area contributed by atoms with E-state index in [0.717, 1.165) is 10.7 Å². The second kappa shape index (κ2) is 8.38. The molecular weight excluding hydrogens is 465 g/mol. The Hall–Kier alpha value is -2.63. The zero-order valence-corrected chi connectivity index (χ0v) is 18.4. The van der Waals surface area contributed by atoms with Gasteiger partial charge in [0.05, 0.1) is 29.1 Å². The van der Waals surface area contributed by atoms with Gasteiger partial charge in [-0.1, -0.05) is 30.3 Å². The summed E-state index contributed by atoms with van der Waals surface area (Å²) in [6, 6.07) is 10.6. The first-order chi connectivity index (χ1) is 15.0. The van der Waals surface area contributed by atoms with Crippen LogP contribution < -0.4 is 9.46 Å². The molecule has 32 heavy (non-hydrogen) atoms. The predicted octanol–water partition coefficient (Wildman–Crippen LogP) is 4.66. The van der Waals surface area contributed by atoms with Gasteiger partial charge in [-0.3, -0.25) is 4.72 Å². The SMILES string of the molecule is Cc1nc(CC2COc3cc(-c4ccccc4NS(=O)(=O)C(F)(F)F)ccc3[C@@H]2O)cs1. The number of fused-ring (bicyclic) bond motifs is 1. The molecule has 1 aromatic heterocycles. The number of hydrogen-bond acceptors (Lipinski definition) is 6. The summed E-state index contributed by atoms with van der Waals surface area (Å²) in [6.45, 7) is 2.15. The van der Waals surface area contributed by atoms with Crippen LogP contribution >= 0.6 is 11.3 Å². The van der Waals surface area contributed by atoms with Crippen LogP contribution in [0.25, 0.3) is 11.1 Å². The largest absolute Gasteiger partial charge is 0.516 e. The van der Waals surface area contributed by atoms with Gasteiger partial charge in [0, 0.05) is 22.4 Å². The van der Waals surface area contributed by atoms with Crippen LogP contribution in [0.4, 0.5) is 18.9 Å². The van der Waals surface area contributed by atoms with Crippen molar-refractivity contribution in [2.24, 2.45) is 5.92 Å². The number of alkyl halides is 3. The maximum Gasteiger partial charge on any atom is 0.516 e. The highest BCUT2D eigenvalue weighted by molar-refractivity contribution is 7.93. The van der Waals surface area contributed by atoms with Crippen molar-refractivity contribution in [3.63, 3.8) is 0 Å². The summed E-state index contributed by atoms with van der Waals surface area (Å²) in [7, 11) is -5.57. The summed E-state index contributed by atoms with van der Waals surface area (Å²) in [5.74, 6) is 0.204. The third kappa shape index (κ3) is 4.45. The standard InChI is InChI=1S/C21H19F3N2O4S2/c1-12-25-15(11-31-12)8-14-10-30-19-9-13(6-7-17(19)20(14)27)16-4-2-3-5-18(16)26-32(28,29)21(22,23)24/h2-7,9,11,14,20,26-27H,8,10H2,1H3/t14?,20-/m1/s1. The minimum atomic E-state index is -5.57. The molecule has 0 aliphatic carbocycles. The Labute approximate surface area is 186 Å². The van der Waals surface area contributed by atoms with E-state index in [1.165, 1.54) is 29.5 Å². The Morgan fingerprint density at radius 3 is 2.69 bits per heavy atom. The highest BCUT2D eigenvalue weighted by Gasteiger charge is 2.46. The molecular formula is C21H19F3N2O4S2. The Morgan fingerprint density at radius 2 is 2.00 bits per heavy atom. The summed E-state index contributed by atoms with van der Waals surface area (Å²) in [5.41, 5.74) is -3.51. The maximum absolute atomic E-state index is 12.8. The molecule has 0 fully saturated rings. The van der Waals surface area contributed by atoms with Gasteiger partial charge in [-0.15, -0.1) is 11.3 Å². The van der Waals surface area contributed by atoms with Crippen molar-refractivity contribution in [2.45, 2.75) is 25.0 Å². The van der Waals surface area contributed by atoms with Crippen LogP contribution in [0.3, 0.4) is 0 Å². The lowest BCUT2D eigenvalue weighted by atomic mass is 9.88. The van der Waals surface area contributed by atoms with E-state index in [4.69, 9.17) is 4.74 Å². The Balaban J connectivity index is 1.61. The molecule has 2 N–H and O–H groups in total. The van der Waals surface area contributed by atoms with Crippen molar-refractivity contribution >= 4 is 27.0 Å². The van der Waals surface area contributed by atoms with Crippen molar-refractivity contribution in [3.8, 4) is 16.9 Å². The molecule has 2 heterocycles. The zero-order chi connectivity index (χ0) is 23.1. The number of para-hydroxylation sites is 1. The highest BCUT2D eigenvalue weighted by atomic mass is 32.2. The summed E-state index contributed by atoms with van der Waals surface area (Å²) in [6.07, 6.45) is -0.247. The lowest BCUT2D eigenvalue weighted by Crippen LogP contribution is -2.30. The number of aromatic nitrogens is 1. The topological polar surface area (TPSA) is 88.5 Å². The van der Waals surface area contributed by atoms with E-state index in [1.807, 2.05) is 12.3 Å². The number of aliphatic hydroxyl groups excluding tert-OH is 1. The van der Waals surface area contributed by atoms with Crippen molar-refractivity contribution in [1.29, 1.82) is 0 Å². The van der Waals surface area contributed by atoms with Gasteiger partial charge in [0.25, 0.3) is 0 Å². The lowest BCUT2D eigenvalue weighted by Gasteiger charge is -2.30. The molecule has 0 radical (unpaired) electrons. The number of sulfonamides is 1. The van der Waals surface area contributed by atoms with E-state index in [0.29, 0.717) is 23.3 Å². The van der Waals surface area contributed by atoms with Crippen molar-refractivity contribution < 1.29 is 31.4 Å². The number of aliphatic hydroxyl groups is 1. The molecule has 3 aromatic rings. The van der Waals surface area contributed by atoms with Gasteiger partial charge in [-0.25, -0.2) is 4.98 Å². The summed E-state index contributed by atoms with van der Waals surface area (Å²) < 4.78 is 69.0.